The number of aromatic nitrogens is 7. The number of amides is 6. The van der Waals surface area contributed by atoms with E-state index in [1.807, 2.05) is 90.1 Å². The number of hydrogen-bond acceptors (Lipinski definition) is 32. The Morgan fingerprint density at radius 3 is 1.25 bits per heavy atom. The van der Waals surface area contributed by atoms with E-state index in [9.17, 15) is 76.7 Å². The van der Waals surface area contributed by atoms with Crippen LogP contribution in [0.4, 0.5) is 68.1 Å². The van der Waals surface area contributed by atoms with Crippen LogP contribution in [0.2, 0.25) is 0 Å². The minimum atomic E-state index is -5.48. The van der Waals surface area contributed by atoms with Crippen molar-refractivity contribution in [3.8, 4) is 11.5 Å². The first-order chi connectivity index (χ1) is 64.7. The third-order valence-electron chi connectivity index (χ3n) is 18.8. The zero-order valence-electron chi connectivity index (χ0n) is 77.0. The maximum absolute atomic E-state index is 13.3. The molecule has 1 aliphatic heterocycles. The Morgan fingerprint density at radius 2 is 0.848 bits per heavy atom. The van der Waals surface area contributed by atoms with Gasteiger partial charge in [0.05, 0.1) is 102 Å². The maximum atomic E-state index is 13.3. The van der Waals surface area contributed by atoms with Crippen LogP contribution in [0.1, 0.15) is 248 Å². The van der Waals surface area contributed by atoms with Gasteiger partial charge in [-0.05, 0) is 145 Å². The van der Waals surface area contributed by atoms with Crippen LogP contribution in [0.5, 0.6) is 11.5 Å². The number of rotatable bonds is 28. The van der Waals surface area contributed by atoms with Gasteiger partial charge in [-0.3, -0.25) is 33.7 Å². The largest absolute Gasteiger partial charge is 0.501 e. The molecule has 18 N–H and O–H groups in total. The molecule has 8 heterocycles. The van der Waals surface area contributed by atoms with Crippen molar-refractivity contribution in [3.05, 3.63) is 246 Å². The topological polar surface area (TPSA) is 499 Å². The van der Waals surface area contributed by atoms with Crippen LogP contribution >= 0.6 is 68.0 Å². The monoisotopic (exact) mass is 2050 g/mol. The van der Waals surface area contributed by atoms with Crippen LogP contribution in [0.25, 0.3) is 0 Å². The number of methoxy groups -OCH3 is 1. The highest BCUT2D eigenvalue weighted by Crippen LogP contribution is 2.39. The normalized spacial score (nSPS) is 13.6. The van der Waals surface area contributed by atoms with Crippen molar-refractivity contribution in [1.29, 1.82) is 0 Å². The van der Waals surface area contributed by atoms with Gasteiger partial charge in [-0.15, -0.1) is 68.0 Å². The zero-order chi connectivity index (χ0) is 102. The summed E-state index contributed by atoms with van der Waals surface area (Å²) in [6.07, 6.45) is 1.80. The fraction of sp³-hybridized carbons (Fsp3) is 0.367. The first-order valence-corrected chi connectivity index (χ1v) is 48.6. The third-order valence-corrected chi connectivity index (χ3v) is 27.4. The number of nitrogens with zero attached hydrogens (tertiary/aromatic N) is 8. The summed E-state index contributed by atoms with van der Waals surface area (Å²) in [5.74, 6) is -0.987. The van der Waals surface area contributed by atoms with Gasteiger partial charge in [0, 0.05) is 54.8 Å². The summed E-state index contributed by atoms with van der Waals surface area (Å²) in [4.78, 5) is 101. The fourth-order valence-electron chi connectivity index (χ4n) is 11.4. The summed E-state index contributed by atoms with van der Waals surface area (Å²) >= 11 is 7.15. The first kappa shape index (κ1) is 112. The summed E-state index contributed by atoms with van der Waals surface area (Å²) in [7, 11) is -4.01. The van der Waals surface area contributed by atoms with Gasteiger partial charge in [0.2, 0.25) is 0 Å². The van der Waals surface area contributed by atoms with Crippen LogP contribution < -0.4 is 75.8 Å². The molecule has 6 unspecified atom stereocenters. The number of likely N-dealkylation sites (tertiary alicyclic amines) is 1. The average Bonchev–Trinajstić information content (AvgIpc) is 1.46. The van der Waals surface area contributed by atoms with Crippen LogP contribution in [0, 0.1) is 0 Å². The summed E-state index contributed by atoms with van der Waals surface area (Å²) in [6.45, 7) is 26.9. The molecule has 12 aromatic rings. The number of sulfone groups is 1. The number of ether oxygens (including phenoxy) is 3. The molecule has 13 rings (SSSR count). The van der Waals surface area contributed by atoms with Gasteiger partial charge in [-0.1, -0.05) is 95.2 Å². The predicted molar refractivity (Wildman–Crippen MR) is 517 cm³/mol. The van der Waals surface area contributed by atoms with E-state index >= 15 is 0 Å². The number of thiazole rings is 6. The summed E-state index contributed by atoms with van der Waals surface area (Å²) in [5, 5.41) is 23.5. The Labute approximate surface area is 814 Å². The van der Waals surface area contributed by atoms with Crippen molar-refractivity contribution in [2.45, 2.75) is 172 Å². The minimum absolute atomic E-state index is 0.0109. The molecule has 0 radical (unpaired) electrons. The zero-order valence-corrected chi connectivity index (χ0v) is 82.8. The lowest BCUT2D eigenvalue weighted by Gasteiger charge is -2.19. The van der Waals surface area contributed by atoms with Gasteiger partial charge in [0.1, 0.15) is 89.8 Å². The molecule has 1 fully saturated rings. The van der Waals surface area contributed by atoms with E-state index in [1.54, 1.807) is 39.2 Å². The maximum Gasteiger partial charge on any atom is 0.501 e. The molecular weight excluding hydrogens is 1950 g/mol. The molecule has 0 saturated carbocycles. The highest BCUT2D eigenvalue weighted by Gasteiger charge is 2.47. The molecule has 744 valence electrons. The fourth-order valence-corrected chi connectivity index (χ4v) is 16.9. The molecule has 6 atom stereocenters. The van der Waals surface area contributed by atoms with Crippen LogP contribution in [0.3, 0.4) is 0 Å². The van der Waals surface area contributed by atoms with E-state index in [0.717, 1.165) is 135 Å². The van der Waals surface area contributed by atoms with Crippen molar-refractivity contribution in [1.82, 2.24) is 45.3 Å². The lowest BCUT2D eigenvalue weighted by atomic mass is 9.87. The Hall–Kier alpha value is -11.5. The molecule has 1 saturated heterocycles. The van der Waals surface area contributed by atoms with Crippen molar-refractivity contribution in [2.75, 3.05) is 73.1 Å². The number of benzene rings is 5. The number of nitrogens with two attached hydrogens (primary N) is 6. The van der Waals surface area contributed by atoms with Gasteiger partial charge < -0.3 is 85.0 Å². The molecule has 5 aromatic carbocycles. The van der Waals surface area contributed by atoms with Crippen LogP contribution in [-0.2, 0) is 44.3 Å². The SMILES string of the molecule is CC(N)c1ncc(C(=O)NCc2ccccc2)s1.CC(N)c1ncc(C(=O)Nc2cc(C(C)(C)C)on2)s1.CC(N)c1ncc(C(=O)Nc2cc(OCCN3CCCC3)cc(C(F)(F)F)c2)s1.CC(N)c1ncc(C(=O)Nc2cccc(C(C)(C)C)c2)s1.CC(N)c1ncc(C(=O)Nc2cccc(S(=O)(=O)C(F)(F)F)c2)s1.COCCOc1ccc(C(F)(F)F)cc1NC(=O)c1cnc(C(C)N)s1. The number of carbonyl (C=O) groups is 6. The van der Waals surface area contributed by atoms with Crippen LogP contribution in [-0.4, -0.2) is 136 Å². The number of halogens is 9. The summed E-state index contributed by atoms with van der Waals surface area (Å²) < 4.78 is 160. The van der Waals surface area contributed by atoms with E-state index < -0.39 is 61.4 Å². The van der Waals surface area contributed by atoms with Crippen LogP contribution in [0.15, 0.2) is 168 Å². The molecule has 6 amide bonds. The standard InChI is InChI=1S/C19H23F3N4O2S.C16H18F3N3O3S.C16H21N3OS.C13H12F3N3O3S2.C13H18N4O2S.C13H15N3OS/c1-12(23)18-24-11-16(29-18)17(27)25-14-8-13(19(20,21)22)9-15(10-14)28-7-6-26-4-2-3-5-26;1-9(20)15-21-8-13(26-15)14(23)22-11-7-10(16(17,18)19)3-4-12(11)25-6-5-24-2;1-10(17)15-18-9-13(21-15)14(20)19-12-7-5-6-11(8-12)16(2,3)4;1-7(17)12-18-6-10(23-12)11(20)19-8-3-2-4-9(5-8)24(21,22)13(14,15)16;1-7(14)12-15-6-8(20-12)11(18)16-10-5-9(19-17-10)13(2,3)4;1-9(14)13-16-8-11(18-13)12(17)15-7-10-5-3-2-4-6-10/h8-12H,2-7,23H2,1H3,(H,25,27);3-4,7-9H,5-6,20H2,1-2H3,(H,22,23);5-10H,17H2,1-4H3,(H,19,20);2-7H,17H2,1H3,(H,19,20);5-7H,14H2,1-4H3,(H,16,17,18);2-6,8-9H,7,14H2,1H3,(H,15,17). The highest BCUT2D eigenvalue weighted by molar-refractivity contribution is 7.92. The molecule has 0 aliphatic carbocycles. The van der Waals surface area contributed by atoms with Crippen molar-refractivity contribution < 1.29 is 95.4 Å². The second kappa shape index (κ2) is 50.4. The first-order valence-electron chi connectivity index (χ1n) is 42.2. The van der Waals surface area contributed by atoms with E-state index in [4.69, 9.17) is 53.1 Å². The van der Waals surface area contributed by atoms with E-state index in [-0.39, 0.29) is 128 Å². The second-order valence-electron chi connectivity index (χ2n) is 32.9. The Morgan fingerprint density at radius 1 is 0.435 bits per heavy atom. The lowest BCUT2D eigenvalue weighted by Crippen LogP contribution is -2.25. The number of alkyl halides is 9. The van der Waals surface area contributed by atoms with Gasteiger partial charge in [-0.25, -0.2) is 38.3 Å². The molecule has 138 heavy (non-hydrogen) atoms. The molecule has 0 spiro atoms. The average molecular weight is 2060 g/mol. The number of carbonyl (C=O) groups excluding carboxylic acids is 6. The molecule has 48 heteroatoms. The number of anilines is 5. The summed E-state index contributed by atoms with van der Waals surface area (Å²) in [5.41, 5.74) is 29.8. The van der Waals surface area contributed by atoms with E-state index in [2.05, 4.69) is 98.7 Å². The van der Waals surface area contributed by atoms with Gasteiger partial charge in [0.15, 0.2) is 5.82 Å². The van der Waals surface area contributed by atoms with Gasteiger partial charge >= 0.3 is 17.9 Å². The number of hydrogen-bond donors (Lipinski definition) is 12. The lowest BCUT2D eigenvalue weighted by molar-refractivity contribution is -0.138. The third kappa shape index (κ3) is 34.5. The van der Waals surface area contributed by atoms with Crippen molar-refractivity contribution in [3.63, 3.8) is 0 Å². The van der Waals surface area contributed by atoms with E-state index in [0.29, 0.717) is 54.3 Å². The Kier molecular flexibility index (Phi) is 40.8. The highest BCUT2D eigenvalue weighted by atomic mass is 32.2. The Balaban J connectivity index is 0.000000204. The molecular formula is C90H107F9N20O12S7. The Bertz CT molecular complexity index is 6130. The summed E-state index contributed by atoms with van der Waals surface area (Å²) in [6, 6.07) is 28.0. The molecule has 0 bridgehead atoms. The minimum Gasteiger partial charge on any atom is -0.492 e. The van der Waals surface area contributed by atoms with Gasteiger partial charge in [-0.2, -0.15) is 39.5 Å². The second-order valence-corrected chi connectivity index (χ2v) is 41.2. The van der Waals surface area contributed by atoms with E-state index in [1.165, 1.54) is 83.6 Å². The molecule has 32 nitrogen and oxygen atoms in total. The molecule has 1 aliphatic rings. The predicted octanol–water partition coefficient (Wildman–Crippen LogP) is 18.6. The smallest absolute Gasteiger partial charge is 0.492 e. The van der Waals surface area contributed by atoms with Crippen molar-refractivity contribution in [2.24, 2.45) is 34.4 Å². The quantitative estimate of drug-likeness (QED) is 0.0160. The van der Waals surface area contributed by atoms with Gasteiger partial charge in [0.25, 0.3) is 45.3 Å². The van der Waals surface area contributed by atoms with Crippen molar-refractivity contribution >= 4 is 142 Å². The number of nitrogens with one attached hydrogen (secondary N) is 6. The molecule has 7 aromatic heterocycles.